The minimum absolute atomic E-state index is 0. The van der Waals surface area contributed by atoms with Crippen LogP contribution in [0.25, 0.3) is 0 Å². The number of phenols is 1. The molecular formula is C18H19BrCl2F4N2O2. The summed E-state index contributed by atoms with van der Waals surface area (Å²) in [6, 6.07) is 7.67. The number of piperazine rings is 1. The lowest BCUT2D eigenvalue weighted by molar-refractivity contribution is -0.274. The fraction of sp³-hybridized carbons (Fsp3) is 0.333. The highest BCUT2D eigenvalue weighted by Crippen LogP contribution is 2.38. The first-order chi connectivity index (χ1) is 12.7. The van der Waals surface area contributed by atoms with Gasteiger partial charge in [-0.05, 0) is 29.8 Å². The standard InChI is InChI=1S/C18H17BrF4N2O2.2ClH/c19-12-9-14(17(26)15(20)10-12)16(25-7-5-24-6-8-25)11-1-3-13(4-2-11)27-18(21,22)23;;/h1-4,9-10,16,24,26H,5-8H2;2*1H/t16-;;/m0../s1. The van der Waals surface area contributed by atoms with E-state index in [1.54, 1.807) is 6.07 Å². The Hall–Kier alpha value is -1.26. The van der Waals surface area contributed by atoms with Gasteiger partial charge in [-0.25, -0.2) is 4.39 Å². The highest BCUT2D eigenvalue weighted by molar-refractivity contribution is 9.10. The molecule has 4 nitrogen and oxygen atoms in total. The third-order valence-electron chi connectivity index (χ3n) is 4.30. The van der Waals surface area contributed by atoms with E-state index in [1.807, 2.05) is 4.90 Å². The molecule has 0 spiro atoms. The third-order valence-corrected chi connectivity index (χ3v) is 4.76. The molecule has 0 bridgehead atoms. The number of aromatic hydroxyl groups is 1. The molecule has 1 saturated heterocycles. The van der Waals surface area contributed by atoms with E-state index in [0.717, 1.165) is 6.07 Å². The van der Waals surface area contributed by atoms with Crippen molar-refractivity contribution < 1.29 is 27.4 Å². The van der Waals surface area contributed by atoms with E-state index in [0.29, 0.717) is 41.8 Å². The maximum Gasteiger partial charge on any atom is 0.573 e. The number of ether oxygens (including phenoxy) is 1. The molecule has 0 radical (unpaired) electrons. The lowest BCUT2D eigenvalue weighted by atomic mass is 9.95. The summed E-state index contributed by atoms with van der Waals surface area (Å²) >= 11 is 3.23. The van der Waals surface area contributed by atoms with Gasteiger partial charge in [0.1, 0.15) is 5.75 Å². The molecule has 0 unspecified atom stereocenters. The molecule has 3 rings (SSSR count). The van der Waals surface area contributed by atoms with Crippen LogP contribution < -0.4 is 10.1 Å². The predicted molar refractivity (Wildman–Crippen MR) is 110 cm³/mol. The highest BCUT2D eigenvalue weighted by Gasteiger charge is 2.32. The van der Waals surface area contributed by atoms with Crippen LogP contribution in [0.3, 0.4) is 0 Å². The van der Waals surface area contributed by atoms with Crippen LogP contribution in [0.2, 0.25) is 0 Å². The van der Waals surface area contributed by atoms with E-state index in [-0.39, 0.29) is 30.6 Å². The Morgan fingerprint density at radius 3 is 2.21 bits per heavy atom. The molecule has 0 aromatic heterocycles. The summed E-state index contributed by atoms with van der Waals surface area (Å²) in [7, 11) is 0. The number of nitrogens with one attached hydrogen (secondary N) is 1. The molecular weight excluding hydrogens is 503 g/mol. The van der Waals surface area contributed by atoms with Crippen molar-refractivity contribution in [3.05, 3.63) is 57.8 Å². The Labute approximate surface area is 186 Å². The maximum absolute atomic E-state index is 14.1. The zero-order valence-electron chi connectivity index (χ0n) is 14.9. The van der Waals surface area contributed by atoms with Gasteiger partial charge in [0, 0.05) is 36.2 Å². The van der Waals surface area contributed by atoms with E-state index in [2.05, 4.69) is 26.0 Å². The number of benzene rings is 2. The van der Waals surface area contributed by atoms with Gasteiger partial charge < -0.3 is 15.2 Å². The van der Waals surface area contributed by atoms with Crippen LogP contribution in [0.5, 0.6) is 11.5 Å². The van der Waals surface area contributed by atoms with Gasteiger partial charge >= 0.3 is 6.36 Å². The SMILES string of the molecule is Cl.Cl.Oc1c(F)cc(Br)cc1[C@H](c1ccc(OC(F)(F)F)cc1)N1CCNCC1. The predicted octanol–water partition coefficient (Wildman–Crippen LogP) is 5.03. The first-order valence-corrected chi connectivity index (χ1v) is 9.02. The summed E-state index contributed by atoms with van der Waals surface area (Å²) in [5.41, 5.74) is 0.965. The Balaban J connectivity index is 0.00000210. The third kappa shape index (κ3) is 6.62. The first-order valence-electron chi connectivity index (χ1n) is 8.23. The van der Waals surface area contributed by atoms with Crippen molar-refractivity contribution in [1.82, 2.24) is 10.2 Å². The molecule has 1 fully saturated rings. The number of hydrogen-bond acceptors (Lipinski definition) is 4. The van der Waals surface area contributed by atoms with E-state index in [9.17, 15) is 22.7 Å². The lowest BCUT2D eigenvalue weighted by Gasteiger charge is -2.36. The zero-order chi connectivity index (χ0) is 19.6. The van der Waals surface area contributed by atoms with Crippen molar-refractivity contribution in [2.75, 3.05) is 26.2 Å². The fourth-order valence-electron chi connectivity index (χ4n) is 3.17. The van der Waals surface area contributed by atoms with Gasteiger partial charge in [-0.3, -0.25) is 4.90 Å². The molecule has 1 aliphatic heterocycles. The topological polar surface area (TPSA) is 44.7 Å². The average Bonchev–Trinajstić information content (AvgIpc) is 2.60. The molecule has 0 amide bonds. The number of alkyl halides is 3. The molecule has 2 aromatic rings. The maximum atomic E-state index is 14.1. The molecule has 1 atom stereocenters. The minimum Gasteiger partial charge on any atom is -0.505 e. The van der Waals surface area contributed by atoms with Crippen molar-refractivity contribution in [3.63, 3.8) is 0 Å². The number of rotatable bonds is 4. The monoisotopic (exact) mass is 520 g/mol. The Bertz CT molecular complexity index is 804. The first kappa shape index (κ1) is 25.8. The summed E-state index contributed by atoms with van der Waals surface area (Å²) in [5.74, 6) is -1.58. The molecule has 11 heteroatoms. The van der Waals surface area contributed by atoms with Gasteiger partial charge in [0.25, 0.3) is 0 Å². The van der Waals surface area contributed by atoms with Crippen molar-refractivity contribution in [1.29, 1.82) is 0 Å². The van der Waals surface area contributed by atoms with Crippen LogP contribution in [-0.2, 0) is 0 Å². The summed E-state index contributed by atoms with van der Waals surface area (Å²) < 4.78 is 55.6. The van der Waals surface area contributed by atoms with Crippen molar-refractivity contribution in [2.24, 2.45) is 0 Å². The smallest absolute Gasteiger partial charge is 0.505 e. The largest absolute Gasteiger partial charge is 0.573 e. The molecule has 0 aliphatic carbocycles. The van der Waals surface area contributed by atoms with E-state index in [4.69, 9.17) is 0 Å². The second-order valence-electron chi connectivity index (χ2n) is 6.13. The van der Waals surface area contributed by atoms with Gasteiger partial charge in [0.2, 0.25) is 0 Å². The van der Waals surface area contributed by atoms with Gasteiger partial charge in [0.05, 0.1) is 6.04 Å². The second-order valence-corrected chi connectivity index (χ2v) is 7.05. The highest BCUT2D eigenvalue weighted by atomic mass is 79.9. The van der Waals surface area contributed by atoms with Crippen LogP contribution in [0, 0.1) is 5.82 Å². The van der Waals surface area contributed by atoms with Crippen LogP contribution >= 0.6 is 40.7 Å². The summed E-state index contributed by atoms with van der Waals surface area (Å²) in [6.07, 6.45) is -4.77. The Morgan fingerprint density at radius 1 is 1.07 bits per heavy atom. The number of halogens is 7. The Morgan fingerprint density at radius 2 is 1.66 bits per heavy atom. The number of hydrogen-bond donors (Lipinski definition) is 2. The van der Waals surface area contributed by atoms with Gasteiger partial charge in [0.15, 0.2) is 11.6 Å². The van der Waals surface area contributed by atoms with Crippen molar-refractivity contribution in [3.8, 4) is 11.5 Å². The van der Waals surface area contributed by atoms with Crippen molar-refractivity contribution in [2.45, 2.75) is 12.4 Å². The molecule has 162 valence electrons. The quantitative estimate of drug-likeness (QED) is 0.554. The summed E-state index contributed by atoms with van der Waals surface area (Å²) in [5, 5.41) is 13.5. The van der Waals surface area contributed by atoms with E-state index >= 15 is 0 Å². The normalized spacial score (nSPS) is 15.8. The molecule has 1 heterocycles. The van der Waals surface area contributed by atoms with E-state index in [1.165, 1.54) is 24.3 Å². The minimum atomic E-state index is -4.77. The molecule has 1 aliphatic rings. The van der Waals surface area contributed by atoms with Crippen LogP contribution in [0.1, 0.15) is 17.2 Å². The fourth-order valence-corrected chi connectivity index (χ4v) is 3.62. The number of nitrogens with zero attached hydrogens (tertiary/aromatic N) is 1. The van der Waals surface area contributed by atoms with Gasteiger partial charge in [-0.1, -0.05) is 28.1 Å². The summed E-state index contributed by atoms with van der Waals surface area (Å²) in [6.45, 7) is 2.70. The number of phenolic OH excluding ortho intramolecular Hbond substituents is 1. The lowest BCUT2D eigenvalue weighted by Crippen LogP contribution is -2.45. The van der Waals surface area contributed by atoms with Crippen LogP contribution in [0.4, 0.5) is 17.6 Å². The molecule has 29 heavy (non-hydrogen) atoms. The molecule has 2 aromatic carbocycles. The van der Waals surface area contributed by atoms with Crippen LogP contribution in [0.15, 0.2) is 40.9 Å². The van der Waals surface area contributed by atoms with Gasteiger partial charge in [-0.15, -0.1) is 38.0 Å². The van der Waals surface area contributed by atoms with E-state index < -0.39 is 24.0 Å². The van der Waals surface area contributed by atoms with Crippen LogP contribution in [-0.4, -0.2) is 42.5 Å². The molecule has 2 N–H and O–H groups in total. The van der Waals surface area contributed by atoms with Crippen molar-refractivity contribution >= 4 is 40.7 Å². The average molecular weight is 522 g/mol. The zero-order valence-corrected chi connectivity index (χ0v) is 18.1. The molecule has 0 saturated carbocycles. The summed E-state index contributed by atoms with van der Waals surface area (Å²) in [4.78, 5) is 2.04. The van der Waals surface area contributed by atoms with Gasteiger partial charge in [-0.2, -0.15) is 0 Å². The second kappa shape index (κ2) is 10.7. The Kier molecular flexibility index (Phi) is 9.49.